The Morgan fingerprint density at radius 3 is 2.61 bits per heavy atom. The van der Waals surface area contributed by atoms with Crippen molar-refractivity contribution in [2.75, 3.05) is 26.7 Å². The number of carbonyl (C=O) groups excluding carboxylic acids is 2. The number of likely N-dealkylation sites (tertiary alicyclic amines) is 1. The molecule has 0 aliphatic carbocycles. The lowest BCUT2D eigenvalue weighted by molar-refractivity contribution is -0.139. The second-order valence-electron chi connectivity index (χ2n) is 5.86. The van der Waals surface area contributed by atoms with E-state index in [2.05, 4.69) is 0 Å². The Bertz CT molecular complexity index is 573. The first-order chi connectivity index (χ1) is 11.0. The first-order valence-electron chi connectivity index (χ1n) is 7.80. The van der Waals surface area contributed by atoms with Crippen LogP contribution < -0.4 is 0 Å². The standard InChI is InChI=1S/C17H22N2O4/c1-18(11-9-15(20)21)16(22)14-8-5-10-19(12-14)17(23)13-6-3-2-4-7-13/h2-4,6-7,14H,5,8-12H2,1H3,(H,20,21). The number of rotatable bonds is 5. The summed E-state index contributed by atoms with van der Waals surface area (Å²) in [6.07, 6.45) is 1.44. The fraction of sp³-hybridized carbons (Fsp3) is 0.471. The molecule has 0 saturated carbocycles. The molecule has 1 aromatic carbocycles. The maximum atomic E-state index is 12.5. The quantitative estimate of drug-likeness (QED) is 0.892. The van der Waals surface area contributed by atoms with Gasteiger partial charge in [-0.05, 0) is 25.0 Å². The predicted molar refractivity (Wildman–Crippen MR) is 85.0 cm³/mol. The summed E-state index contributed by atoms with van der Waals surface area (Å²) in [6.45, 7) is 1.23. The molecule has 1 N–H and O–H groups in total. The van der Waals surface area contributed by atoms with Gasteiger partial charge in [-0.3, -0.25) is 14.4 Å². The molecule has 0 aromatic heterocycles. The topological polar surface area (TPSA) is 77.9 Å². The van der Waals surface area contributed by atoms with Gasteiger partial charge in [0.2, 0.25) is 5.91 Å². The third-order valence-electron chi connectivity index (χ3n) is 4.12. The third-order valence-corrected chi connectivity index (χ3v) is 4.12. The lowest BCUT2D eigenvalue weighted by atomic mass is 9.96. The highest BCUT2D eigenvalue weighted by molar-refractivity contribution is 5.94. The number of carboxylic acid groups (broad SMARTS) is 1. The molecule has 1 atom stereocenters. The Hall–Kier alpha value is -2.37. The van der Waals surface area contributed by atoms with Crippen LogP contribution in [0.3, 0.4) is 0 Å². The van der Waals surface area contributed by atoms with Crippen molar-refractivity contribution in [3.8, 4) is 0 Å². The van der Waals surface area contributed by atoms with Gasteiger partial charge < -0.3 is 14.9 Å². The van der Waals surface area contributed by atoms with Gasteiger partial charge in [0.25, 0.3) is 5.91 Å². The lowest BCUT2D eigenvalue weighted by Gasteiger charge is -2.34. The van der Waals surface area contributed by atoms with Gasteiger partial charge in [0, 0.05) is 32.2 Å². The third kappa shape index (κ3) is 4.55. The molecule has 0 bridgehead atoms. The minimum Gasteiger partial charge on any atom is -0.481 e. The van der Waals surface area contributed by atoms with Gasteiger partial charge in [0.15, 0.2) is 0 Å². The zero-order valence-corrected chi connectivity index (χ0v) is 13.3. The molecule has 2 amide bonds. The van der Waals surface area contributed by atoms with E-state index in [0.29, 0.717) is 18.7 Å². The SMILES string of the molecule is CN(CCC(=O)O)C(=O)C1CCCN(C(=O)c2ccccc2)C1. The van der Waals surface area contributed by atoms with Crippen molar-refractivity contribution in [1.82, 2.24) is 9.80 Å². The summed E-state index contributed by atoms with van der Waals surface area (Å²) in [5, 5.41) is 8.70. The number of carboxylic acids is 1. The largest absolute Gasteiger partial charge is 0.481 e. The molecule has 1 unspecified atom stereocenters. The minimum absolute atomic E-state index is 0.0590. The van der Waals surface area contributed by atoms with Crippen LogP contribution in [0.2, 0.25) is 0 Å². The summed E-state index contributed by atoms with van der Waals surface area (Å²) in [6, 6.07) is 9.04. The van der Waals surface area contributed by atoms with E-state index in [1.54, 1.807) is 24.1 Å². The Morgan fingerprint density at radius 1 is 1.26 bits per heavy atom. The molecule has 23 heavy (non-hydrogen) atoms. The van der Waals surface area contributed by atoms with Gasteiger partial charge in [-0.25, -0.2) is 0 Å². The van der Waals surface area contributed by atoms with E-state index >= 15 is 0 Å². The first-order valence-corrected chi connectivity index (χ1v) is 7.80. The Kier molecular flexibility index (Phi) is 5.73. The molecular formula is C17H22N2O4. The van der Waals surface area contributed by atoms with Crippen LogP contribution in [0.1, 0.15) is 29.6 Å². The van der Waals surface area contributed by atoms with E-state index in [1.165, 1.54) is 4.90 Å². The van der Waals surface area contributed by atoms with Crippen LogP contribution in [0, 0.1) is 5.92 Å². The van der Waals surface area contributed by atoms with Crippen LogP contribution in [0.15, 0.2) is 30.3 Å². The summed E-state index contributed by atoms with van der Waals surface area (Å²) < 4.78 is 0. The highest BCUT2D eigenvalue weighted by Gasteiger charge is 2.30. The molecule has 1 aromatic rings. The number of hydrogen-bond acceptors (Lipinski definition) is 3. The molecule has 0 radical (unpaired) electrons. The zero-order valence-electron chi connectivity index (χ0n) is 13.3. The maximum Gasteiger partial charge on any atom is 0.305 e. The summed E-state index contributed by atoms with van der Waals surface area (Å²) in [5.41, 5.74) is 0.625. The van der Waals surface area contributed by atoms with E-state index < -0.39 is 5.97 Å². The number of carbonyl (C=O) groups is 3. The van der Waals surface area contributed by atoms with E-state index in [-0.39, 0.29) is 30.7 Å². The average molecular weight is 318 g/mol. The number of benzene rings is 1. The first kappa shape index (κ1) is 17.0. The van der Waals surface area contributed by atoms with Crippen LogP contribution in [0.25, 0.3) is 0 Å². The maximum absolute atomic E-state index is 12.5. The highest BCUT2D eigenvalue weighted by Crippen LogP contribution is 2.20. The summed E-state index contributed by atoms with van der Waals surface area (Å²) in [7, 11) is 1.61. The van der Waals surface area contributed by atoms with Crippen LogP contribution in [-0.2, 0) is 9.59 Å². The van der Waals surface area contributed by atoms with Crippen molar-refractivity contribution in [3.05, 3.63) is 35.9 Å². The van der Waals surface area contributed by atoms with Crippen LogP contribution in [0.4, 0.5) is 0 Å². The van der Waals surface area contributed by atoms with Gasteiger partial charge in [-0.15, -0.1) is 0 Å². The number of hydrogen-bond donors (Lipinski definition) is 1. The van der Waals surface area contributed by atoms with Gasteiger partial charge in [-0.1, -0.05) is 18.2 Å². The van der Waals surface area contributed by atoms with Gasteiger partial charge >= 0.3 is 5.97 Å². The van der Waals surface area contributed by atoms with Crippen LogP contribution >= 0.6 is 0 Å². The molecule has 1 aliphatic rings. The van der Waals surface area contributed by atoms with Crippen molar-refractivity contribution in [1.29, 1.82) is 0 Å². The molecular weight excluding hydrogens is 296 g/mol. The summed E-state index contributed by atoms with van der Waals surface area (Å²) >= 11 is 0. The number of nitrogens with zero attached hydrogens (tertiary/aromatic N) is 2. The van der Waals surface area contributed by atoms with Crippen molar-refractivity contribution >= 4 is 17.8 Å². The van der Waals surface area contributed by atoms with Crippen molar-refractivity contribution < 1.29 is 19.5 Å². The van der Waals surface area contributed by atoms with Crippen molar-refractivity contribution in [2.24, 2.45) is 5.92 Å². The normalized spacial score (nSPS) is 17.6. The fourth-order valence-corrected chi connectivity index (χ4v) is 2.81. The molecule has 0 spiro atoms. The van der Waals surface area contributed by atoms with Crippen molar-refractivity contribution in [3.63, 3.8) is 0 Å². The van der Waals surface area contributed by atoms with Gasteiger partial charge in [0.05, 0.1) is 12.3 Å². The van der Waals surface area contributed by atoms with Crippen molar-refractivity contribution in [2.45, 2.75) is 19.3 Å². The van der Waals surface area contributed by atoms with Gasteiger partial charge in [0.1, 0.15) is 0 Å². The molecule has 124 valence electrons. The molecule has 2 rings (SSSR count). The van der Waals surface area contributed by atoms with E-state index in [1.807, 2.05) is 18.2 Å². The number of amides is 2. The lowest BCUT2D eigenvalue weighted by Crippen LogP contribution is -2.46. The Balaban J connectivity index is 1.96. The van der Waals surface area contributed by atoms with E-state index in [4.69, 9.17) is 5.11 Å². The molecule has 1 aliphatic heterocycles. The summed E-state index contributed by atoms with van der Waals surface area (Å²) in [4.78, 5) is 38.7. The molecule has 6 heteroatoms. The second kappa shape index (κ2) is 7.76. The Morgan fingerprint density at radius 2 is 1.96 bits per heavy atom. The highest BCUT2D eigenvalue weighted by atomic mass is 16.4. The molecule has 1 fully saturated rings. The minimum atomic E-state index is -0.922. The second-order valence-corrected chi connectivity index (χ2v) is 5.86. The van der Waals surface area contributed by atoms with E-state index in [0.717, 1.165) is 12.8 Å². The monoisotopic (exact) mass is 318 g/mol. The molecule has 1 heterocycles. The smallest absolute Gasteiger partial charge is 0.305 e. The predicted octanol–water partition coefficient (Wildman–Crippen LogP) is 1.47. The van der Waals surface area contributed by atoms with E-state index in [9.17, 15) is 14.4 Å². The fourth-order valence-electron chi connectivity index (χ4n) is 2.81. The number of aliphatic carboxylic acids is 1. The Labute approximate surface area is 135 Å². The number of piperidine rings is 1. The average Bonchev–Trinajstić information content (AvgIpc) is 2.59. The van der Waals surface area contributed by atoms with Gasteiger partial charge in [-0.2, -0.15) is 0 Å². The summed E-state index contributed by atoms with van der Waals surface area (Å²) in [5.74, 6) is -1.32. The van der Waals surface area contributed by atoms with Crippen LogP contribution in [-0.4, -0.2) is 59.4 Å². The molecule has 6 nitrogen and oxygen atoms in total. The van der Waals surface area contributed by atoms with Crippen LogP contribution in [0.5, 0.6) is 0 Å². The zero-order chi connectivity index (χ0) is 16.8. The molecule has 1 saturated heterocycles.